The summed E-state index contributed by atoms with van der Waals surface area (Å²) in [4.78, 5) is 66.4. The first kappa shape index (κ1) is 108. The van der Waals surface area contributed by atoms with Crippen molar-refractivity contribution in [1.29, 1.82) is 0 Å². The van der Waals surface area contributed by atoms with Crippen molar-refractivity contribution in [2.45, 2.75) is 504 Å². The largest absolute Gasteiger partial charge is 0.472 e. The van der Waals surface area contributed by atoms with Crippen LogP contribution in [0.2, 0.25) is 0 Å². The molecule has 2 aliphatic heterocycles. The third-order valence-electron chi connectivity index (χ3n) is 22.9. The second-order valence-corrected chi connectivity index (χ2v) is 34.9. The maximum absolute atomic E-state index is 14.9. The molecule has 686 valence electrons. The van der Waals surface area contributed by atoms with E-state index >= 15 is 0 Å². The molecule has 10 N–H and O–H groups in total. The van der Waals surface area contributed by atoms with Crippen molar-refractivity contribution in [2.24, 2.45) is 0 Å². The van der Waals surface area contributed by atoms with Gasteiger partial charge in [-0.3, -0.25) is 28.2 Å². The molecule has 0 aromatic carbocycles. The van der Waals surface area contributed by atoms with E-state index < -0.39 is 162 Å². The number of rotatable bonds is 76. The summed E-state index contributed by atoms with van der Waals surface area (Å²) in [6, 6.07) is 0. The predicted molar refractivity (Wildman–Crippen MR) is 453 cm³/mol. The normalized spacial score (nSPS) is 25.1. The molecule has 0 aromatic rings. The van der Waals surface area contributed by atoms with Crippen LogP contribution in [0.1, 0.15) is 400 Å². The second kappa shape index (κ2) is 70.3. The number of carbonyl (C=O) groups is 4. The fourth-order valence-corrected chi connectivity index (χ4v) is 16.4. The van der Waals surface area contributed by atoms with Crippen LogP contribution in [0, 0.1) is 0 Å². The number of carbonyl (C=O) groups excluding carboxylic acids is 4. The van der Waals surface area contributed by atoms with Crippen molar-refractivity contribution < 1.29 is 122 Å². The second-order valence-electron chi connectivity index (χ2n) is 33.5. The standard InChI is InChI=1S/C91H167O25P/c1-5-9-13-17-21-25-29-33-36-40-44-47-51-55-59-63-74(93)107-68-71(110-76(95)65-61-57-53-49-45-41-37-34-30-26-22-18-14-10-6-2)69-109-117(105,106)116-89-87(114-90-84(103)80(99)78(97)72(67-92)111-90)83(102)82(101)86(113-77(96)66-62-58-54-50-46-42-38-35-31-27-23-19-15-11-7-3)88(89)115-91-85(104)81(100)79(98)73(112-91)70-108-75(94)64-60-56-52-48-43-39-32-28-24-20-16-12-8-4/h25,27,29,31,71-73,78-92,97-104H,5-24,26,28,30,32-70H2,1-4H3,(H,105,106)/b29-25-,31-27-. The molecule has 25 nitrogen and oxygen atoms in total. The summed E-state index contributed by atoms with van der Waals surface area (Å²) in [5.74, 6) is -2.97. The molecule has 2 saturated heterocycles. The Morgan fingerprint density at radius 2 is 0.641 bits per heavy atom. The SMILES string of the molecule is CCCCCC/C=C\CCCCCCCCCC(=O)OCC(COP(=O)(O)OC1C(OC2OC(CO)C(O)C(O)C2O)C(O)C(O)C(OC(=O)CCCCCCCCC/C=C\CCCCCC)C1OC1OC(COC(=O)CCCCCCCCCCCCCCC)C(O)C(O)C1O)OC(=O)CCCCCCCCCCCCCCCCC. The Labute approximate surface area is 704 Å². The van der Waals surface area contributed by atoms with Crippen molar-refractivity contribution in [3.63, 3.8) is 0 Å². The number of esters is 4. The Bertz CT molecular complexity index is 2530. The van der Waals surface area contributed by atoms with Crippen LogP contribution >= 0.6 is 7.82 Å². The van der Waals surface area contributed by atoms with E-state index in [4.69, 9.17) is 46.9 Å². The minimum absolute atomic E-state index is 0.0167. The summed E-state index contributed by atoms with van der Waals surface area (Å²) in [5.41, 5.74) is 0. The van der Waals surface area contributed by atoms with Gasteiger partial charge in [-0.2, -0.15) is 0 Å². The molecule has 0 amide bonds. The highest BCUT2D eigenvalue weighted by molar-refractivity contribution is 7.47. The summed E-state index contributed by atoms with van der Waals surface area (Å²) >= 11 is 0. The van der Waals surface area contributed by atoms with Crippen molar-refractivity contribution in [3.05, 3.63) is 24.3 Å². The number of aliphatic hydroxyl groups excluding tert-OH is 9. The molecule has 117 heavy (non-hydrogen) atoms. The molecule has 0 aromatic heterocycles. The molecule has 1 saturated carbocycles. The van der Waals surface area contributed by atoms with Crippen LogP contribution < -0.4 is 0 Å². The van der Waals surface area contributed by atoms with E-state index in [1.54, 1.807) is 0 Å². The Balaban J connectivity index is 1.92. The first-order valence-corrected chi connectivity index (χ1v) is 48.6. The lowest BCUT2D eigenvalue weighted by Gasteiger charge is -2.50. The number of hydrogen-bond donors (Lipinski definition) is 10. The number of unbranched alkanes of at least 4 members (excludes halogenated alkanes) is 48. The van der Waals surface area contributed by atoms with Gasteiger partial charge in [0, 0.05) is 25.7 Å². The van der Waals surface area contributed by atoms with Gasteiger partial charge in [-0.15, -0.1) is 0 Å². The van der Waals surface area contributed by atoms with E-state index in [2.05, 4.69) is 52.0 Å². The van der Waals surface area contributed by atoms with E-state index in [0.29, 0.717) is 32.1 Å². The lowest BCUT2D eigenvalue weighted by molar-refractivity contribution is -0.360. The molecule has 18 atom stereocenters. The number of ether oxygens (including phenoxy) is 8. The smallest absolute Gasteiger partial charge is 0.463 e. The molecule has 1 aliphatic carbocycles. The minimum atomic E-state index is -5.81. The van der Waals surface area contributed by atoms with Crippen molar-refractivity contribution in [2.75, 3.05) is 26.4 Å². The number of allylic oxidation sites excluding steroid dienone is 4. The van der Waals surface area contributed by atoms with Gasteiger partial charge in [0.15, 0.2) is 24.8 Å². The Hall–Kier alpha value is -3.05. The van der Waals surface area contributed by atoms with Gasteiger partial charge < -0.3 is 88.7 Å². The van der Waals surface area contributed by atoms with Crippen LogP contribution in [0.25, 0.3) is 0 Å². The fourth-order valence-electron chi connectivity index (χ4n) is 15.4. The van der Waals surface area contributed by atoms with Gasteiger partial charge in [-0.1, -0.05) is 322 Å². The van der Waals surface area contributed by atoms with Gasteiger partial charge in [0.2, 0.25) is 0 Å². The van der Waals surface area contributed by atoms with Gasteiger partial charge >= 0.3 is 31.7 Å². The zero-order chi connectivity index (χ0) is 85.4. The quantitative estimate of drug-likeness (QED) is 0.00889. The number of aliphatic hydroxyl groups is 9. The van der Waals surface area contributed by atoms with Gasteiger partial charge in [0.05, 0.1) is 13.2 Å². The molecule has 26 heteroatoms. The highest BCUT2D eigenvalue weighted by atomic mass is 31.2. The molecular formula is C91H167O25P. The summed E-state index contributed by atoms with van der Waals surface area (Å²) in [6.07, 6.45) is 30.2. The first-order valence-electron chi connectivity index (χ1n) is 47.1. The molecule has 2 heterocycles. The molecule has 0 bridgehead atoms. The topological polar surface area (TPSA) is 380 Å². The van der Waals surface area contributed by atoms with Gasteiger partial charge in [-0.25, -0.2) is 4.57 Å². The Morgan fingerprint density at radius 1 is 0.333 bits per heavy atom. The van der Waals surface area contributed by atoms with Crippen molar-refractivity contribution in [1.82, 2.24) is 0 Å². The molecule has 3 fully saturated rings. The minimum Gasteiger partial charge on any atom is -0.463 e. The summed E-state index contributed by atoms with van der Waals surface area (Å²) in [6.45, 7) is 5.58. The highest BCUT2D eigenvalue weighted by Gasteiger charge is 2.60. The van der Waals surface area contributed by atoms with E-state index in [9.17, 15) is 74.6 Å². The summed E-state index contributed by atoms with van der Waals surface area (Å²) in [7, 11) is -5.81. The zero-order valence-electron chi connectivity index (χ0n) is 73.0. The van der Waals surface area contributed by atoms with E-state index in [1.807, 2.05) is 0 Å². The number of hydrogen-bond acceptors (Lipinski definition) is 24. The van der Waals surface area contributed by atoms with Crippen LogP contribution in [0.15, 0.2) is 24.3 Å². The third-order valence-corrected chi connectivity index (χ3v) is 23.9. The molecule has 0 spiro atoms. The molecule has 18 unspecified atom stereocenters. The predicted octanol–water partition coefficient (Wildman–Crippen LogP) is 17.3. The molecular weight excluding hydrogens is 1520 g/mol. The lowest BCUT2D eigenvalue weighted by atomic mass is 9.84. The van der Waals surface area contributed by atoms with Gasteiger partial charge in [-0.05, 0) is 77.0 Å². The van der Waals surface area contributed by atoms with Crippen molar-refractivity contribution in [3.8, 4) is 0 Å². The third kappa shape index (κ3) is 50.5. The van der Waals surface area contributed by atoms with E-state index in [-0.39, 0.29) is 25.7 Å². The Morgan fingerprint density at radius 3 is 1.03 bits per heavy atom. The average molecular weight is 1690 g/mol. The van der Waals surface area contributed by atoms with Crippen LogP contribution in [0.5, 0.6) is 0 Å². The van der Waals surface area contributed by atoms with Crippen LogP contribution in [-0.4, -0.2) is 205 Å². The van der Waals surface area contributed by atoms with Crippen LogP contribution in [0.3, 0.4) is 0 Å². The maximum Gasteiger partial charge on any atom is 0.472 e. The zero-order valence-corrected chi connectivity index (χ0v) is 73.9. The van der Waals surface area contributed by atoms with Gasteiger partial charge in [0.1, 0.15) is 92.6 Å². The number of phosphoric acid groups is 1. The van der Waals surface area contributed by atoms with E-state index in [0.717, 1.165) is 161 Å². The van der Waals surface area contributed by atoms with Gasteiger partial charge in [0.25, 0.3) is 0 Å². The molecule has 0 radical (unpaired) electrons. The van der Waals surface area contributed by atoms with Crippen LogP contribution in [-0.2, 0) is 70.7 Å². The highest BCUT2D eigenvalue weighted by Crippen LogP contribution is 2.49. The first-order chi connectivity index (χ1) is 56.7. The average Bonchev–Trinajstić information content (AvgIpc) is 0.755. The molecule has 3 aliphatic rings. The molecule has 3 rings (SSSR count). The number of phosphoric ester groups is 1. The summed E-state index contributed by atoms with van der Waals surface area (Å²) in [5, 5.41) is 102. The maximum atomic E-state index is 14.9. The monoisotopic (exact) mass is 1690 g/mol. The summed E-state index contributed by atoms with van der Waals surface area (Å²) < 4.78 is 73.4. The lowest BCUT2D eigenvalue weighted by Crippen LogP contribution is -2.70. The van der Waals surface area contributed by atoms with Crippen LogP contribution in [0.4, 0.5) is 0 Å². The fraction of sp³-hybridized carbons (Fsp3) is 0.912. The Kier molecular flexibility index (Phi) is 64.9. The van der Waals surface area contributed by atoms with Crippen molar-refractivity contribution >= 4 is 31.7 Å². The van der Waals surface area contributed by atoms with E-state index in [1.165, 1.54) is 154 Å².